The SMILES string of the molecule is COc1ccc(N(Cc2cccc(F)c2)S(=O)(=O)c2ccc(F)c(Cl)c2)cc1. The van der Waals surface area contributed by atoms with E-state index >= 15 is 0 Å². The van der Waals surface area contributed by atoms with Gasteiger partial charge in [-0.15, -0.1) is 0 Å². The fourth-order valence-corrected chi connectivity index (χ4v) is 4.35. The third-order valence-corrected chi connectivity index (χ3v) is 6.11. The predicted octanol–water partition coefficient (Wildman–Crippen LogP) is 5.02. The van der Waals surface area contributed by atoms with Crippen molar-refractivity contribution in [1.82, 2.24) is 0 Å². The zero-order valence-electron chi connectivity index (χ0n) is 14.8. The molecule has 0 saturated heterocycles. The van der Waals surface area contributed by atoms with E-state index in [1.807, 2.05) is 0 Å². The molecule has 0 spiro atoms. The molecule has 0 aliphatic carbocycles. The van der Waals surface area contributed by atoms with Crippen LogP contribution in [0.5, 0.6) is 5.75 Å². The molecular weight excluding hydrogens is 408 g/mol. The Morgan fingerprint density at radius 1 is 1.00 bits per heavy atom. The van der Waals surface area contributed by atoms with Gasteiger partial charge >= 0.3 is 0 Å². The summed E-state index contributed by atoms with van der Waals surface area (Å²) < 4.78 is 59.8. The van der Waals surface area contributed by atoms with Crippen LogP contribution in [0.1, 0.15) is 5.56 Å². The summed E-state index contributed by atoms with van der Waals surface area (Å²) in [5.41, 5.74) is 0.790. The highest BCUT2D eigenvalue weighted by molar-refractivity contribution is 7.92. The zero-order valence-corrected chi connectivity index (χ0v) is 16.3. The van der Waals surface area contributed by atoms with Crippen molar-refractivity contribution in [1.29, 1.82) is 0 Å². The molecule has 0 fully saturated rings. The first-order valence-electron chi connectivity index (χ1n) is 8.17. The van der Waals surface area contributed by atoms with Crippen LogP contribution in [0.3, 0.4) is 0 Å². The van der Waals surface area contributed by atoms with Crippen molar-refractivity contribution in [3.8, 4) is 5.75 Å². The fraction of sp³-hybridized carbons (Fsp3) is 0.100. The first-order valence-corrected chi connectivity index (χ1v) is 9.99. The molecule has 8 heteroatoms. The molecule has 0 bridgehead atoms. The van der Waals surface area contributed by atoms with Crippen molar-refractivity contribution in [3.05, 3.63) is 89.0 Å². The number of nitrogens with zero attached hydrogens (tertiary/aromatic N) is 1. The van der Waals surface area contributed by atoms with Crippen molar-refractivity contribution in [3.63, 3.8) is 0 Å². The molecule has 0 amide bonds. The highest BCUT2D eigenvalue weighted by atomic mass is 35.5. The Kier molecular flexibility index (Phi) is 5.86. The maximum Gasteiger partial charge on any atom is 0.264 e. The van der Waals surface area contributed by atoms with E-state index in [1.54, 1.807) is 30.3 Å². The molecule has 0 N–H and O–H groups in total. The number of benzene rings is 3. The lowest BCUT2D eigenvalue weighted by Crippen LogP contribution is -2.30. The van der Waals surface area contributed by atoms with E-state index in [4.69, 9.17) is 16.3 Å². The summed E-state index contributed by atoms with van der Waals surface area (Å²) in [5.74, 6) is -0.646. The monoisotopic (exact) mass is 423 g/mol. The van der Waals surface area contributed by atoms with Gasteiger partial charge in [0, 0.05) is 0 Å². The average molecular weight is 424 g/mol. The highest BCUT2D eigenvalue weighted by Crippen LogP contribution is 2.29. The first kappa shape index (κ1) is 20.1. The number of hydrogen-bond acceptors (Lipinski definition) is 3. The summed E-state index contributed by atoms with van der Waals surface area (Å²) in [5, 5.41) is -0.304. The number of ether oxygens (including phenoxy) is 1. The second-order valence-electron chi connectivity index (χ2n) is 5.92. The third-order valence-electron chi connectivity index (χ3n) is 4.05. The quantitative estimate of drug-likeness (QED) is 0.559. The maximum absolute atomic E-state index is 13.6. The van der Waals surface area contributed by atoms with Crippen LogP contribution in [0.2, 0.25) is 5.02 Å². The van der Waals surface area contributed by atoms with Crippen LogP contribution in [-0.2, 0) is 16.6 Å². The van der Waals surface area contributed by atoms with Gasteiger partial charge in [0.15, 0.2) is 0 Å². The molecule has 28 heavy (non-hydrogen) atoms. The Morgan fingerprint density at radius 3 is 2.32 bits per heavy atom. The first-order chi connectivity index (χ1) is 13.3. The molecule has 0 saturated carbocycles. The average Bonchev–Trinajstić information content (AvgIpc) is 2.68. The van der Waals surface area contributed by atoms with E-state index in [9.17, 15) is 17.2 Å². The van der Waals surface area contributed by atoms with Crippen LogP contribution in [0.4, 0.5) is 14.5 Å². The van der Waals surface area contributed by atoms with Crippen LogP contribution < -0.4 is 9.04 Å². The van der Waals surface area contributed by atoms with Gasteiger partial charge in [0.05, 0.1) is 29.3 Å². The Bertz CT molecular complexity index is 1090. The number of sulfonamides is 1. The van der Waals surface area contributed by atoms with Crippen molar-refractivity contribution in [2.45, 2.75) is 11.4 Å². The minimum atomic E-state index is -4.11. The molecule has 4 nitrogen and oxygen atoms in total. The van der Waals surface area contributed by atoms with Crippen LogP contribution in [0, 0.1) is 11.6 Å². The molecule has 0 heterocycles. The lowest BCUT2D eigenvalue weighted by molar-refractivity contribution is 0.415. The van der Waals surface area contributed by atoms with E-state index in [2.05, 4.69) is 0 Å². The number of anilines is 1. The molecule has 3 aromatic carbocycles. The lowest BCUT2D eigenvalue weighted by Gasteiger charge is -2.25. The fourth-order valence-electron chi connectivity index (χ4n) is 2.63. The second kappa shape index (κ2) is 8.16. The van der Waals surface area contributed by atoms with E-state index in [1.165, 1.54) is 25.3 Å². The van der Waals surface area contributed by atoms with Crippen LogP contribution >= 0.6 is 11.6 Å². The van der Waals surface area contributed by atoms with Gasteiger partial charge in [0.25, 0.3) is 10.0 Å². The molecule has 0 unspecified atom stereocenters. The third kappa shape index (κ3) is 4.26. The van der Waals surface area contributed by atoms with Gasteiger partial charge in [-0.2, -0.15) is 0 Å². The predicted molar refractivity (Wildman–Crippen MR) is 104 cm³/mol. The Labute approximate surface area is 167 Å². The number of rotatable bonds is 6. The second-order valence-corrected chi connectivity index (χ2v) is 8.19. The van der Waals surface area contributed by atoms with Crippen molar-refractivity contribution >= 4 is 27.3 Å². The molecule has 0 aromatic heterocycles. The van der Waals surface area contributed by atoms with Crippen LogP contribution in [0.25, 0.3) is 0 Å². The van der Waals surface area contributed by atoms with Crippen molar-refractivity contribution < 1.29 is 21.9 Å². The van der Waals surface area contributed by atoms with Crippen LogP contribution in [0.15, 0.2) is 71.6 Å². The van der Waals surface area contributed by atoms with Crippen molar-refractivity contribution in [2.75, 3.05) is 11.4 Å². The van der Waals surface area contributed by atoms with Gasteiger partial charge < -0.3 is 4.74 Å². The van der Waals surface area contributed by atoms with Gasteiger partial charge in [-0.3, -0.25) is 4.31 Å². The Hall–Kier alpha value is -2.64. The van der Waals surface area contributed by atoms with Gasteiger partial charge in [0.2, 0.25) is 0 Å². The van der Waals surface area contributed by atoms with E-state index in [-0.39, 0.29) is 16.5 Å². The van der Waals surface area contributed by atoms with Gasteiger partial charge in [-0.25, -0.2) is 17.2 Å². The Balaban J connectivity index is 2.09. The largest absolute Gasteiger partial charge is 0.497 e. The highest BCUT2D eigenvalue weighted by Gasteiger charge is 2.26. The number of methoxy groups -OCH3 is 1. The minimum absolute atomic E-state index is 0.124. The van der Waals surface area contributed by atoms with E-state index < -0.39 is 21.7 Å². The van der Waals surface area contributed by atoms with E-state index in [0.717, 1.165) is 22.5 Å². The van der Waals surface area contributed by atoms with Gasteiger partial charge in [0.1, 0.15) is 17.4 Å². The lowest BCUT2D eigenvalue weighted by atomic mass is 10.2. The topological polar surface area (TPSA) is 46.6 Å². The number of halogens is 3. The number of hydrogen-bond donors (Lipinski definition) is 0. The molecule has 3 aromatic rings. The normalized spacial score (nSPS) is 11.3. The molecule has 0 radical (unpaired) electrons. The van der Waals surface area contributed by atoms with Gasteiger partial charge in [-0.05, 0) is 60.2 Å². The maximum atomic E-state index is 13.6. The molecule has 0 atom stereocenters. The molecule has 3 rings (SSSR count). The standard InChI is InChI=1S/C20H16ClF2NO3S/c1-27-17-7-5-16(6-8-17)24(13-14-3-2-4-15(22)11-14)28(25,26)18-9-10-20(23)19(21)12-18/h2-12H,13H2,1H3. The summed E-state index contributed by atoms with van der Waals surface area (Å²) in [6.45, 7) is -0.124. The van der Waals surface area contributed by atoms with Gasteiger partial charge in [-0.1, -0.05) is 23.7 Å². The van der Waals surface area contributed by atoms with E-state index in [0.29, 0.717) is 17.0 Å². The summed E-state index contributed by atoms with van der Waals surface area (Å²) in [6, 6.07) is 15.2. The Morgan fingerprint density at radius 2 is 1.71 bits per heavy atom. The summed E-state index contributed by atoms with van der Waals surface area (Å²) in [7, 11) is -2.61. The molecule has 146 valence electrons. The molecule has 0 aliphatic heterocycles. The molecular formula is C20H16ClF2NO3S. The summed E-state index contributed by atoms with van der Waals surface area (Å²) in [4.78, 5) is -0.175. The zero-order chi connectivity index (χ0) is 20.3. The minimum Gasteiger partial charge on any atom is -0.497 e. The molecule has 0 aliphatic rings. The van der Waals surface area contributed by atoms with Crippen LogP contribution in [-0.4, -0.2) is 15.5 Å². The summed E-state index contributed by atoms with van der Waals surface area (Å²) >= 11 is 5.77. The smallest absolute Gasteiger partial charge is 0.264 e. The van der Waals surface area contributed by atoms with Crippen molar-refractivity contribution in [2.24, 2.45) is 0 Å². The summed E-state index contributed by atoms with van der Waals surface area (Å²) in [6.07, 6.45) is 0.